The topological polar surface area (TPSA) is 60.9 Å². The van der Waals surface area contributed by atoms with E-state index in [4.69, 9.17) is 5.11 Å². The van der Waals surface area contributed by atoms with Crippen molar-refractivity contribution in [1.82, 2.24) is 0 Å². The van der Waals surface area contributed by atoms with Crippen molar-refractivity contribution in [3.8, 4) is 0 Å². The van der Waals surface area contributed by atoms with E-state index in [9.17, 15) is 9.59 Å². The molecule has 2 rings (SSSR count). The lowest BCUT2D eigenvalue weighted by atomic mass is 10.0. The fourth-order valence-electron chi connectivity index (χ4n) is 2.18. The van der Waals surface area contributed by atoms with Gasteiger partial charge in [0.15, 0.2) is 0 Å². The second kappa shape index (κ2) is 4.61. The van der Waals surface area contributed by atoms with Crippen molar-refractivity contribution in [3.05, 3.63) is 22.7 Å². The Kier molecular flexibility index (Phi) is 3.30. The second-order valence-electron chi connectivity index (χ2n) is 4.23. The highest BCUT2D eigenvalue weighted by atomic mass is 79.9. The molecule has 18 heavy (non-hydrogen) atoms. The molecular weight excluding hydrogens is 300 g/mol. The first-order chi connectivity index (χ1) is 8.43. The van der Waals surface area contributed by atoms with E-state index in [0.717, 1.165) is 15.8 Å². The van der Waals surface area contributed by atoms with E-state index in [2.05, 4.69) is 15.9 Å². The van der Waals surface area contributed by atoms with E-state index < -0.39 is 12.0 Å². The van der Waals surface area contributed by atoms with E-state index in [0.29, 0.717) is 0 Å². The molecule has 0 saturated carbocycles. The predicted octanol–water partition coefficient (Wildman–Crippen LogP) is 1.71. The van der Waals surface area contributed by atoms with Gasteiger partial charge >= 0.3 is 5.97 Å². The highest BCUT2D eigenvalue weighted by Crippen LogP contribution is 2.40. The number of carboxylic acid groups (broad SMARTS) is 1. The van der Waals surface area contributed by atoms with E-state index in [-0.39, 0.29) is 12.3 Å². The summed E-state index contributed by atoms with van der Waals surface area (Å²) in [5.41, 5.74) is 1.62. The molecule has 0 saturated heterocycles. The Hall–Kier alpha value is -1.56. The number of likely N-dealkylation sites (N-methyl/N-ethyl adjacent to an activating group) is 2. The lowest BCUT2D eigenvalue weighted by Crippen LogP contribution is -2.51. The zero-order valence-corrected chi connectivity index (χ0v) is 11.6. The van der Waals surface area contributed by atoms with Gasteiger partial charge in [-0.05, 0) is 28.1 Å². The summed E-state index contributed by atoms with van der Waals surface area (Å²) in [6.07, 6.45) is -0.208. The Labute approximate surface area is 113 Å². The number of anilines is 2. The standard InChI is InChI=1S/C12H13BrN2O3/c1-14-9(6-10(16)17)12(18)15(2)8-5-3-4-7(13)11(8)14/h3-5,9H,6H2,1-2H3,(H,16,17). The SMILES string of the molecule is CN1C(=O)C(CC(=O)O)N(C)c2c(Br)cccc21. The van der Waals surface area contributed by atoms with Crippen LogP contribution in [0.15, 0.2) is 22.7 Å². The van der Waals surface area contributed by atoms with Crippen molar-refractivity contribution < 1.29 is 14.7 Å². The molecule has 1 unspecified atom stereocenters. The van der Waals surface area contributed by atoms with Crippen LogP contribution < -0.4 is 9.80 Å². The molecule has 0 fully saturated rings. The van der Waals surface area contributed by atoms with Crippen molar-refractivity contribution in [2.24, 2.45) is 0 Å². The van der Waals surface area contributed by atoms with Crippen LogP contribution in [0, 0.1) is 0 Å². The van der Waals surface area contributed by atoms with Gasteiger partial charge in [-0.3, -0.25) is 9.59 Å². The van der Waals surface area contributed by atoms with Crippen LogP contribution in [0.5, 0.6) is 0 Å². The molecule has 1 atom stereocenters. The van der Waals surface area contributed by atoms with Gasteiger partial charge in [-0.15, -0.1) is 0 Å². The number of hydrogen-bond donors (Lipinski definition) is 1. The molecule has 1 N–H and O–H groups in total. The van der Waals surface area contributed by atoms with Gasteiger partial charge in [-0.1, -0.05) is 6.07 Å². The number of amides is 1. The van der Waals surface area contributed by atoms with Crippen LogP contribution >= 0.6 is 15.9 Å². The molecule has 1 aliphatic rings. The maximum atomic E-state index is 12.2. The number of carbonyl (C=O) groups excluding carboxylic acids is 1. The summed E-state index contributed by atoms with van der Waals surface area (Å²) >= 11 is 3.44. The third-order valence-electron chi connectivity index (χ3n) is 3.13. The molecule has 1 aromatic rings. The summed E-state index contributed by atoms with van der Waals surface area (Å²) < 4.78 is 0.845. The smallest absolute Gasteiger partial charge is 0.305 e. The van der Waals surface area contributed by atoms with Gasteiger partial charge in [0, 0.05) is 18.6 Å². The summed E-state index contributed by atoms with van der Waals surface area (Å²) in [5.74, 6) is -1.19. The van der Waals surface area contributed by atoms with Crippen LogP contribution in [0.25, 0.3) is 0 Å². The van der Waals surface area contributed by atoms with Crippen LogP contribution in [0.1, 0.15) is 6.42 Å². The number of rotatable bonds is 2. The average Bonchev–Trinajstić information content (AvgIpc) is 2.31. The first-order valence-corrected chi connectivity index (χ1v) is 6.23. The van der Waals surface area contributed by atoms with E-state index in [1.54, 1.807) is 19.0 Å². The van der Waals surface area contributed by atoms with E-state index in [1.807, 2.05) is 18.2 Å². The Morgan fingerprint density at radius 1 is 1.44 bits per heavy atom. The van der Waals surface area contributed by atoms with Gasteiger partial charge in [-0.2, -0.15) is 0 Å². The minimum Gasteiger partial charge on any atom is -0.481 e. The Balaban J connectivity index is 2.51. The summed E-state index contributed by atoms with van der Waals surface area (Å²) in [6, 6.07) is 4.89. The Morgan fingerprint density at radius 3 is 2.72 bits per heavy atom. The first kappa shape index (κ1) is 12.9. The third kappa shape index (κ3) is 1.96. The van der Waals surface area contributed by atoms with E-state index >= 15 is 0 Å². The zero-order chi connectivity index (χ0) is 13.4. The molecule has 0 aliphatic carbocycles. The summed E-state index contributed by atoms with van der Waals surface area (Å²) in [6.45, 7) is 0. The van der Waals surface area contributed by atoms with Crippen LogP contribution in [0.2, 0.25) is 0 Å². The number of fused-ring (bicyclic) bond motifs is 1. The molecule has 96 valence electrons. The minimum atomic E-state index is -0.982. The van der Waals surface area contributed by atoms with Gasteiger partial charge in [0.05, 0.1) is 17.8 Å². The zero-order valence-electron chi connectivity index (χ0n) is 10.1. The number of halogens is 1. The quantitative estimate of drug-likeness (QED) is 0.903. The monoisotopic (exact) mass is 312 g/mol. The fourth-order valence-corrected chi connectivity index (χ4v) is 2.81. The molecule has 1 aliphatic heterocycles. The fraction of sp³-hybridized carbons (Fsp3) is 0.333. The number of nitrogens with zero attached hydrogens (tertiary/aromatic N) is 2. The number of carboxylic acids is 1. The highest BCUT2D eigenvalue weighted by molar-refractivity contribution is 9.10. The van der Waals surface area contributed by atoms with Gasteiger partial charge < -0.3 is 14.9 Å². The molecule has 0 aromatic heterocycles. The van der Waals surface area contributed by atoms with Crippen molar-refractivity contribution in [2.45, 2.75) is 12.5 Å². The maximum Gasteiger partial charge on any atom is 0.305 e. The van der Waals surface area contributed by atoms with Crippen LogP contribution in [-0.4, -0.2) is 37.1 Å². The van der Waals surface area contributed by atoms with Crippen LogP contribution in [0.4, 0.5) is 11.4 Å². The molecule has 1 amide bonds. The molecule has 0 radical (unpaired) electrons. The van der Waals surface area contributed by atoms with Crippen molar-refractivity contribution in [1.29, 1.82) is 0 Å². The molecule has 6 heteroatoms. The molecule has 1 aromatic carbocycles. The summed E-state index contributed by atoms with van der Waals surface area (Å²) in [4.78, 5) is 26.2. The average molecular weight is 313 g/mol. The number of aliphatic carboxylic acids is 1. The van der Waals surface area contributed by atoms with Crippen LogP contribution in [0.3, 0.4) is 0 Å². The second-order valence-corrected chi connectivity index (χ2v) is 5.08. The number of para-hydroxylation sites is 1. The molecule has 1 heterocycles. The van der Waals surface area contributed by atoms with Gasteiger partial charge in [0.1, 0.15) is 6.04 Å². The Bertz CT molecular complexity index is 518. The van der Waals surface area contributed by atoms with Crippen LogP contribution in [-0.2, 0) is 9.59 Å². The van der Waals surface area contributed by atoms with Gasteiger partial charge in [-0.25, -0.2) is 0 Å². The van der Waals surface area contributed by atoms with Crippen molar-refractivity contribution in [2.75, 3.05) is 23.9 Å². The first-order valence-electron chi connectivity index (χ1n) is 5.44. The maximum absolute atomic E-state index is 12.2. The van der Waals surface area contributed by atoms with Gasteiger partial charge in [0.25, 0.3) is 0 Å². The summed E-state index contributed by atoms with van der Waals surface area (Å²) in [5, 5.41) is 8.90. The predicted molar refractivity (Wildman–Crippen MR) is 72.0 cm³/mol. The van der Waals surface area contributed by atoms with Crippen molar-refractivity contribution in [3.63, 3.8) is 0 Å². The molecule has 5 nitrogen and oxygen atoms in total. The largest absolute Gasteiger partial charge is 0.481 e. The normalized spacial score (nSPS) is 18.8. The number of hydrogen-bond acceptors (Lipinski definition) is 3. The lowest BCUT2D eigenvalue weighted by Gasteiger charge is -2.39. The van der Waals surface area contributed by atoms with Gasteiger partial charge in [0.2, 0.25) is 5.91 Å². The Morgan fingerprint density at radius 2 is 2.11 bits per heavy atom. The minimum absolute atomic E-state index is 0.203. The summed E-state index contributed by atoms with van der Waals surface area (Å²) in [7, 11) is 3.40. The number of carbonyl (C=O) groups is 2. The lowest BCUT2D eigenvalue weighted by molar-refractivity contribution is -0.139. The van der Waals surface area contributed by atoms with Crippen molar-refractivity contribution >= 4 is 39.2 Å². The highest BCUT2D eigenvalue weighted by Gasteiger charge is 2.36. The third-order valence-corrected chi connectivity index (χ3v) is 3.77. The molecule has 0 bridgehead atoms. The number of benzene rings is 1. The van der Waals surface area contributed by atoms with E-state index in [1.165, 1.54) is 4.90 Å². The molecule has 0 spiro atoms. The molecular formula is C12H13BrN2O3.